The van der Waals surface area contributed by atoms with Crippen LogP contribution in [0.25, 0.3) is 0 Å². The summed E-state index contributed by atoms with van der Waals surface area (Å²) >= 11 is 1.48. The van der Waals surface area contributed by atoms with Crippen LogP contribution in [-0.2, 0) is 22.4 Å². The number of esters is 1. The minimum absolute atomic E-state index is 0.110. The third-order valence-electron chi connectivity index (χ3n) is 5.12. The van der Waals surface area contributed by atoms with Crippen molar-refractivity contribution in [3.63, 3.8) is 0 Å². The molecule has 1 aromatic heterocycles. The Hall–Kier alpha value is -2.67. The van der Waals surface area contributed by atoms with Crippen LogP contribution in [0.4, 0.5) is 5.69 Å². The van der Waals surface area contributed by atoms with E-state index >= 15 is 0 Å². The average Bonchev–Trinajstić information content (AvgIpc) is 3.15. The maximum absolute atomic E-state index is 12.3. The number of anilines is 1. The van der Waals surface area contributed by atoms with Crippen molar-refractivity contribution in [2.45, 2.75) is 32.6 Å². The molecule has 154 valence electrons. The van der Waals surface area contributed by atoms with Crippen molar-refractivity contribution in [1.82, 2.24) is 4.90 Å². The average molecular weight is 415 g/mol. The zero-order chi connectivity index (χ0) is 21.0. The van der Waals surface area contributed by atoms with Crippen LogP contribution in [-0.4, -0.2) is 43.4 Å². The van der Waals surface area contributed by atoms with Crippen LogP contribution in [0.15, 0.2) is 30.3 Å². The first-order chi connectivity index (χ1) is 13.9. The lowest BCUT2D eigenvalue weighted by Crippen LogP contribution is -2.22. The molecular weight excluding hydrogens is 388 g/mol. The van der Waals surface area contributed by atoms with E-state index in [-0.39, 0.29) is 12.5 Å². The van der Waals surface area contributed by atoms with Gasteiger partial charge in [0.25, 0.3) is 11.8 Å². The van der Waals surface area contributed by atoms with E-state index in [0.717, 1.165) is 19.3 Å². The minimum Gasteiger partial charge on any atom is -0.451 e. The number of ether oxygens (including phenoxy) is 1. The Balaban J connectivity index is 1.51. The molecule has 1 aliphatic rings. The summed E-state index contributed by atoms with van der Waals surface area (Å²) in [5.41, 5.74) is 2.32. The quantitative estimate of drug-likeness (QED) is 0.731. The van der Waals surface area contributed by atoms with Gasteiger partial charge in [-0.25, -0.2) is 4.79 Å². The van der Waals surface area contributed by atoms with Gasteiger partial charge in [-0.1, -0.05) is 13.3 Å². The summed E-state index contributed by atoms with van der Waals surface area (Å²) in [5, 5.41) is 2.67. The summed E-state index contributed by atoms with van der Waals surface area (Å²) in [6, 6.07) is 8.50. The summed E-state index contributed by atoms with van der Waals surface area (Å²) in [7, 11) is 3.36. The maximum Gasteiger partial charge on any atom is 0.348 e. The van der Waals surface area contributed by atoms with Gasteiger partial charge >= 0.3 is 5.97 Å². The van der Waals surface area contributed by atoms with Crippen molar-refractivity contribution in [2.24, 2.45) is 5.92 Å². The normalized spacial score (nSPS) is 15.3. The fraction of sp³-hybridized carbons (Fsp3) is 0.409. The van der Waals surface area contributed by atoms with Gasteiger partial charge in [0.15, 0.2) is 6.61 Å². The number of carbonyl (C=O) groups is 3. The minimum atomic E-state index is -0.459. The van der Waals surface area contributed by atoms with E-state index < -0.39 is 11.9 Å². The molecule has 6 nitrogen and oxygen atoms in total. The van der Waals surface area contributed by atoms with Gasteiger partial charge in [0.1, 0.15) is 4.88 Å². The molecule has 1 aliphatic carbocycles. The Labute approximate surface area is 174 Å². The Bertz CT molecular complexity index is 902. The number of nitrogens with one attached hydrogen (secondary N) is 1. The molecule has 0 radical (unpaired) electrons. The van der Waals surface area contributed by atoms with Gasteiger partial charge in [-0.2, -0.15) is 0 Å². The summed E-state index contributed by atoms with van der Waals surface area (Å²) < 4.78 is 5.19. The lowest BCUT2D eigenvalue weighted by atomic mass is 9.87. The predicted molar refractivity (Wildman–Crippen MR) is 113 cm³/mol. The monoisotopic (exact) mass is 414 g/mol. The zero-order valence-electron chi connectivity index (χ0n) is 17.0. The Morgan fingerprint density at radius 1 is 1.21 bits per heavy atom. The standard InChI is InChI=1S/C22H26N2O4S/c1-4-14-5-10-18-16(11-14)12-19(29-18)22(27)28-13-20(25)23-17-8-6-15(7-9-17)21(26)24(2)3/h6-9,12,14H,4-5,10-11,13H2,1-3H3,(H,23,25)/t14-/m0/s1. The van der Waals surface area contributed by atoms with Crippen LogP contribution in [0.1, 0.15) is 50.2 Å². The number of thiophene rings is 1. The first-order valence-corrected chi connectivity index (χ1v) is 10.6. The molecule has 1 atom stereocenters. The second-order valence-corrected chi connectivity index (χ2v) is 8.61. The summed E-state index contributed by atoms with van der Waals surface area (Å²) in [6.45, 7) is 1.85. The lowest BCUT2D eigenvalue weighted by molar-refractivity contribution is -0.119. The second-order valence-electron chi connectivity index (χ2n) is 7.48. The number of nitrogens with zero attached hydrogens (tertiary/aromatic N) is 1. The molecule has 1 heterocycles. The number of rotatable bonds is 6. The highest BCUT2D eigenvalue weighted by molar-refractivity contribution is 7.14. The highest BCUT2D eigenvalue weighted by atomic mass is 32.1. The fourth-order valence-electron chi connectivity index (χ4n) is 3.40. The third-order valence-corrected chi connectivity index (χ3v) is 6.34. The van der Waals surface area contributed by atoms with Crippen molar-refractivity contribution in [3.05, 3.63) is 51.2 Å². The van der Waals surface area contributed by atoms with Crippen molar-refractivity contribution in [1.29, 1.82) is 0 Å². The van der Waals surface area contributed by atoms with E-state index in [1.54, 1.807) is 38.4 Å². The van der Waals surface area contributed by atoms with Crippen molar-refractivity contribution >= 4 is 34.8 Å². The molecule has 1 N–H and O–H groups in total. The Morgan fingerprint density at radius 3 is 2.59 bits per heavy atom. The zero-order valence-corrected chi connectivity index (χ0v) is 17.8. The van der Waals surface area contributed by atoms with E-state index in [0.29, 0.717) is 22.0 Å². The molecule has 3 rings (SSSR count). The van der Waals surface area contributed by atoms with Gasteiger partial charge in [0, 0.05) is 30.2 Å². The topological polar surface area (TPSA) is 75.7 Å². The number of aryl methyl sites for hydroxylation is 1. The number of carbonyl (C=O) groups excluding carboxylic acids is 3. The number of hydrogen-bond acceptors (Lipinski definition) is 5. The number of amides is 2. The molecule has 0 saturated heterocycles. The van der Waals surface area contributed by atoms with Crippen LogP contribution in [0, 0.1) is 5.92 Å². The summed E-state index contributed by atoms with van der Waals surface area (Å²) in [5.74, 6) is -0.302. The molecule has 0 spiro atoms. The molecule has 29 heavy (non-hydrogen) atoms. The van der Waals surface area contributed by atoms with Crippen LogP contribution < -0.4 is 5.32 Å². The SMILES string of the molecule is CC[C@H]1CCc2sc(C(=O)OCC(=O)Nc3ccc(C(=O)N(C)C)cc3)cc2C1. The molecule has 2 aromatic rings. The van der Waals surface area contributed by atoms with Gasteiger partial charge in [0.05, 0.1) is 0 Å². The first kappa shape index (κ1) is 21.0. The number of hydrogen-bond donors (Lipinski definition) is 1. The highest BCUT2D eigenvalue weighted by Gasteiger charge is 2.23. The predicted octanol–water partition coefficient (Wildman–Crippen LogP) is 3.76. The van der Waals surface area contributed by atoms with E-state index in [9.17, 15) is 14.4 Å². The van der Waals surface area contributed by atoms with Gasteiger partial charge in [-0.3, -0.25) is 9.59 Å². The van der Waals surface area contributed by atoms with Crippen molar-refractivity contribution in [3.8, 4) is 0 Å². The lowest BCUT2D eigenvalue weighted by Gasteiger charge is -2.19. The van der Waals surface area contributed by atoms with E-state index in [2.05, 4.69) is 12.2 Å². The fourth-order valence-corrected chi connectivity index (χ4v) is 4.50. The Kier molecular flexibility index (Phi) is 6.69. The van der Waals surface area contributed by atoms with E-state index in [4.69, 9.17) is 4.74 Å². The molecular formula is C22H26N2O4S. The molecule has 0 unspecified atom stereocenters. The molecule has 0 fully saturated rings. The molecule has 2 amide bonds. The third kappa shape index (κ3) is 5.23. The van der Waals surface area contributed by atoms with Gasteiger partial charge in [-0.15, -0.1) is 11.3 Å². The molecule has 0 bridgehead atoms. The first-order valence-electron chi connectivity index (χ1n) is 9.77. The molecule has 7 heteroatoms. The van der Waals surface area contributed by atoms with Crippen LogP contribution in [0.3, 0.4) is 0 Å². The highest BCUT2D eigenvalue weighted by Crippen LogP contribution is 2.33. The summed E-state index contributed by atoms with van der Waals surface area (Å²) in [6.07, 6.45) is 4.35. The van der Waals surface area contributed by atoms with Crippen molar-refractivity contribution in [2.75, 3.05) is 26.0 Å². The summed E-state index contributed by atoms with van der Waals surface area (Å²) in [4.78, 5) is 39.6. The van der Waals surface area contributed by atoms with Crippen LogP contribution in [0.2, 0.25) is 0 Å². The second kappa shape index (κ2) is 9.22. The van der Waals surface area contributed by atoms with Gasteiger partial charge < -0.3 is 15.0 Å². The van der Waals surface area contributed by atoms with Gasteiger partial charge in [-0.05, 0) is 61.1 Å². The van der Waals surface area contributed by atoms with Crippen LogP contribution >= 0.6 is 11.3 Å². The van der Waals surface area contributed by atoms with Crippen LogP contribution in [0.5, 0.6) is 0 Å². The number of fused-ring (bicyclic) bond motifs is 1. The van der Waals surface area contributed by atoms with Crippen molar-refractivity contribution < 1.29 is 19.1 Å². The maximum atomic E-state index is 12.3. The van der Waals surface area contributed by atoms with E-state index in [1.807, 2.05) is 6.07 Å². The largest absolute Gasteiger partial charge is 0.451 e. The molecule has 0 saturated carbocycles. The molecule has 1 aromatic carbocycles. The smallest absolute Gasteiger partial charge is 0.348 e. The van der Waals surface area contributed by atoms with E-state index in [1.165, 1.54) is 33.1 Å². The van der Waals surface area contributed by atoms with Gasteiger partial charge in [0.2, 0.25) is 0 Å². The Morgan fingerprint density at radius 2 is 1.93 bits per heavy atom. The number of benzene rings is 1. The molecule has 0 aliphatic heterocycles.